The minimum Gasteiger partial charge on any atom is -0.394 e. The van der Waals surface area contributed by atoms with Crippen LogP contribution in [0.3, 0.4) is 0 Å². The minimum atomic E-state index is -0.240. The van der Waals surface area contributed by atoms with E-state index in [2.05, 4.69) is 0 Å². The van der Waals surface area contributed by atoms with E-state index in [0.717, 1.165) is 5.57 Å². The summed E-state index contributed by atoms with van der Waals surface area (Å²) in [5.41, 5.74) is 0.985. The van der Waals surface area contributed by atoms with E-state index in [-0.39, 0.29) is 24.7 Å². The van der Waals surface area contributed by atoms with Crippen molar-refractivity contribution in [1.29, 1.82) is 0 Å². The highest BCUT2D eigenvalue weighted by molar-refractivity contribution is 5.88. The molecule has 1 heterocycles. The second kappa shape index (κ2) is 5.28. The molecule has 86 valence electrons. The largest absolute Gasteiger partial charge is 0.394 e. The second-order valence-electron chi connectivity index (χ2n) is 4.20. The molecular formula is C11H19NO3. The summed E-state index contributed by atoms with van der Waals surface area (Å²) in [6.07, 6.45) is 1.38. The molecule has 1 N–H and O–H groups in total. The van der Waals surface area contributed by atoms with Gasteiger partial charge in [-0.1, -0.05) is 5.57 Å². The van der Waals surface area contributed by atoms with Gasteiger partial charge in [-0.05, 0) is 20.8 Å². The molecule has 4 nitrogen and oxygen atoms in total. The maximum absolute atomic E-state index is 11.8. The molecule has 1 saturated heterocycles. The Balaban J connectivity index is 2.65. The van der Waals surface area contributed by atoms with Gasteiger partial charge in [0.15, 0.2) is 0 Å². The first-order valence-electron chi connectivity index (χ1n) is 5.22. The molecule has 0 aromatic rings. The van der Waals surface area contributed by atoms with Crippen LogP contribution in [0.15, 0.2) is 11.6 Å². The normalized spacial score (nSPS) is 26.3. The predicted octanol–water partition coefficient (Wildman–Crippen LogP) is 0.561. The van der Waals surface area contributed by atoms with Crippen LogP contribution in [0.4, 0.5) is 0 Å². The van der Waals surface area contributed by atoms with E-state index < -0.39 is 0 Å². The average Bonchev–Trinajstić information content (AvgIpc) is 2.17. The molecule has 1 amide bonds. The lowest BCUT2D eigenvalue weighted by molar-refractivity contribution is -0.141. The van der Waals surface area contributed by atoms with Gasteiger partial charge in [-0.3, -0.25) is 4.79 Å². The average molecular weight is 213 g/mol. The standard InChI is InChI=1S/C11H19NO3/c1-8(2)4-11(14)12-5-10(6-13)15-7-9(12)3/h4,9-10,13H,5-7H2,1-3H3. The molecular weight excluding hydrogens is 194 g/mol. The van der Waals surface area contributed by atoms with Crippen molar-refractivity contribution in [3.05, 3.63) is 11.6 Å². The van der Waals surface area contributed by atoms with Gasteiger partial charge in [-0.25, -0.2) is 0 Å². The van der Waals surface area contributed by atoms with E-state index in [1.54, 1.807) is 11.0 Å². The Morgan fingerprint density at radius 2 is 2.27 bits per heavy atom. The quantitative estimate of drug-likeness (QED) is 0.682. The van der Waals surface area contributed by atoms with Crippen LogP contribution >= 0.6 is 0 Å². The van der Waals surface area contributed by atoms with Crippen LogP contribution in [0.2, 0.25) is 0 Å². The fourth-order valence-electron chi connectivity index (χ4n) is 1.56. The van der Waals surface area contributed by atoms with Gasteiger partial charge in [0.05, 0.1) is 25.4 Å². The topological polar surface area (TPSA) is 49.8 Å². The summed E-state index contributed by atoms with van der Waals surface area (Å²) in [6.45, 7) is 6.67. The van der Waals surface area contributed by atoms with E-state index in [9.17, 15) is 4.79 Å². The summed E-state index contributed by atoms with van der Waals surface area (Å²) in [4.78, 5) is 13.5. The van der Waals surface area contributed by atoms with Crippen molar-refractivity contribution in [2.24, 2.45) is 0 Å². The van der Waals surface area contributed by atoms with Crippen LogP contribution in [0, 0.1) is 0 Å². The van der Waals surface area contributed by atoms with Gasteiger partial charge < -0.3 is 14.7 Å². The lowest BCUT2D eigenvalue weighted by atomic mass is 10.2. The summed E-state index contributed by atoms with van der Waals surface area (Å²) >= 11 is 0. The van der Waals surface area contributed by atoms with Gasteiger partial charge in [0.2, 0.25) is 5.91 Å². The summed E-state index contributed by atoms with van der Waals surface area (Å²) < 4.78 is 5.36. The first-order chi connectivity index (χ1) is 7.04. The lowest BCUT2D eigenvalue weighted by Crippen LogP contribution is -2.51. The number of carbonyl (C=O) groups excluding carboxylic acids is 1. The van der Waals surface area contributed by atoms with E-state index in [1.807, 2.05) is 20.8 Å². The van der Waals surface area contributed by atoms with Gasteiger partial charge >= 0.3 is 0 Å². The zero-order chi connectivity index (χ0) is 11.4. The van der Waals surface area contributed by atoms with E-state index in [0.29, 0.717) is 13.2 Å². The van der Waals surface area contributed by atoms with Crippen molar-refractivity contribution in [3.8, 4) is 0 Å². The van der Waals surface area contributed by atoms with Crippen LogP contribution in [0.25, 0.3) is 0 Å². The Kier molecular flexibility index (Phi) is 4.29. The monoisotopic (exact) mass is 213 g/mol. The highest BCUT2D eigenvalue weighted by atomic mass is 16.5. The number of allylic oxidation sites excluding steroid dienone is 1. The molecule has 0 radical (unpaired) electrons. The van der Waals surface area contributed by atoms with Crippen molar-refractivity contribution in [1.82, 2.24) is 4.90 Å². The number of aliphatic hydroxyl groups excluding tert-OH is 1. The molecule has 0 bridgehead atoms. The molecule has 1 aliphatic rings. The van der Waals surface area contributed by atoms with Crippen molar-refractivity contribution in [2.45, 2.75) is 32.9 Å². The Hall–Kier alpha value is -0.870. The van der Waals surface area contributed by atoms with E-state index in [1.165, 1.54) is 0 Å². The number of rotatable bonds is 2. The summed E-state index contributed by atoms with van der Waals surface area (Å²) in [5.74, 6) is 0.00394. The van der Waals surface area contributed by atoms with Crippen LogP contribution in [0.5, 0.6) is 0 Å². The molecule has 15 heavy (non-hydrogen) atoms. The lowest BCUT2D eigenvalue weighted by Gasteiger charge is -2.36. The zero-order valence-electron chi connectivity index (χ0n) is 9.56. The Morgan fingerprint density at radius 3 is 2.80 bits per heavy atom. The van der Waals surface area contributed by atoms with Crippen LogP contribution < -0.4 is 0 Å². The van der Waals surface area contributed by atoms with Gasteiger partial charge in [0.1, 0.15) is 0 Å². The maximum Gasteiger partial charge on any atom is 0.246 e. The van der Waals surface area contributed by atoms with Crippen molar-refractivity contribution >= 4 is 5.91 Å². The highest BCUT2D eigenvalue weighted by Crippen LogP contribution is 2.12. The molecule has 1 aliphatic heterocycles. The molecule has 1 fully saturated rings. The molecule has 0 aromatic heterocycles. The SMILES string of the molecule is CC(C)=CC(=O)N1CC(CO)OCC1C. The minimum absolute atomic E-state index is 0.00394. The fourth-order valence-corrected chi connectivity index (χ4v) is 1.56. The number of morpholine rings is 1. The third kappa shape index (κ3) is 3.32. The molecule has 0 spiro atoms. The third-order valence-corrected chi connectivity index (χ3v) is 2.40. The maximum atomic E-state index is 11.8. The first-order valence-corrected chi connectivity index (χ1v) is 5.22. The molecule has 2 atom stereocenters. The molecule has 4 heteroatoms. The van der Waals surface area contributed by atoms with Gasteiger partial charge in [-0.2, -0.15) is 0 Å². The van der Waals surface area contributed by atoms with Crippen molar-refractivity contribution in [3.63, 3.8) is 0 Å². The highest BCUT2D eigenvalue weighted by Gasteiger charge is 2.27. The van der Waals surface area contributed by atoms with Crippen LogP contribution in [-0.4, -0.2) is 47.8 Å². The predicted molar refractivity (Wildman–Crippen MR) is 57.4 cm³/mol. The number of hydrogen-bond acceptors (Lipinski definition) is 3. The summed E-state index contributed by atoms with van der Waals surface area (Å²) in [7, 11) is 0. The third-order valence-electron chi connectivity index (χ3n) is 2.40. The zero-order valence-corrected chi connectivity index (χ0v) is 9.56. The smallest absolute Gasteiger partial charge is 0.246 e. The number of aliphatic hydroxyl groups is 1. The number of carbonyl (C=O) groups is 1. The van der Waals surface area contributed by atoms with Gasteiger partial charge in [-0.15, -0.1) is 0 Å². The molecule has 1 rings (SSSR count). The Morgan fingerprint density at radius 1 is 1.60 bits per heavy atom. The van der Waals surface area contributed by atoms with Gasteiger partial charge in [0.25, 0.3) is 0 Å². The van der Waals surface area contributed by atoms with Gasteiger partial charge in [0, 0.05) is 12.6 Å². The van der Waals surface area contributed by atoms with E-state index in [4.69, 9.17) is 9.84 Å². The Bertz CT molecular complexity index is 259. The second-order valence-corrected chi connectivity index (χ2v) is 4.20. The fraction of sp³-hybridized carbons (Fsp3) is 0.727. The molecule has 0 aliphatic carbocycles. The summed E-state index contributed by atoms with van der Waals surface area (Å²) in [6, 6.07) is 0.0795. The first kappa shape index (κ1) is 12.2. The molecule has 0 aromatic carbocycles. The molecule has 2 unspecified atom stereocenters. The van der Waals surface area contributed by atoms with Crippen molar-refractivity contribution < 1.29 is 14.6 Å². The molecule has 0 saturated carbocycles. The van der Waals surface area contributed by atoms with Crippen molar-refractivity contribution in [2.75, 3.05) is 19.8 Å². The number of amides is 1. The number of ether oxygens (including phenoxy) is 1. The van der Waals surface area contributed by atoms with Crippen LogP contribution in [0.1, 0.15) is 20.8 Å². The number of nitrogens with zero attached hydrogens (tertiary/aromatic N) is 1. The Labute approximate surface area is 90.5 Å². The van der Waals surface area contributed by atoms with E-state index >= 15 is 0 Å². The number of hydrogen-bond donors (Lipinski definition) is 1. The summed E-state index contributed by atoms with van der Waals surface area (Å²) in [5, 5.41) is 8.98. The van der Waals surface area contributed by atoms with Crippen LogP contribution in [-0.2, 0) is 9.53 Å².